The highest BCUT2D eigenvalue weighted by Gasteiger charge is 2.22. The third-order valence-corrected chi connectivity index (χ3v) is 4.15. The second-order valence-corrected chi connectivity index (χ2v) is 6.05. The summed E-state index contributed by atoms with van der Waals surface area (Å²) in [6.45, 7) is 6.89. The first-order valence-electron chi connectivity index (χ1n) is 7.97. The lowest BCUT2D eigenvalue weighted by Crippen LogP contribution is -2.53. The fourth-order valence-electron chi connectivity index (χ4n) is 2.41. The number of methoxy groups -OCH3 is 1. The Labute approximate surface area is 151 Å². The van der Waals surface area contributed by atoms with E-state index in [2.05, 4.69) is 58.9 Å². The lowest BCUT2D eigenvalue weighted by atomic mass is 10.3. The third-order valence-electron chi connectivity index (χ3n) is 3.61. The molecular weight excluding hydrogens is 372 g/mol. The highest BCUT2D eigenvalue weighted by molar-refractivity contribution is 9.10. The lowest BCUT2D eigenvalue weighted by Gasteiger charge is -2.36. The van der Waals surface area contributed by atoms with Gasteiger partial charge in [0.15, 0.2) is 5.96 Å². The molecule has 0 atom stereocenters. The quantitative estimate of drug-likeness (QED) is 0.352. The van der Waals surface area contributed by atoms with Crippen molar-refractivity contribution in [3.8, 4) is 18.2 Å². The second kappa shape index (κ2) is 9.33. The van der Waals surface area contributed by atoms with Crippen molar-refractivity contribution in [3.63, 3.8) is 0 Å². The van der Waals surface area contributed by atoms with Gasteiger partial charge in [0, 0.05) is 39.1 Å². The zero-order valence-electron chi connectivity index (χ0n) is 14.1. The molecule has 7 nitrogen and oxygen atoms in total. The molecule has 2 rings (SSSR count). The normalized spacial score (nSPS) is 15.2. The fraction of sp³-hybridized carbons (Fsp3) is 0.562. The van der Waals surface area contributed by atoms with Gasteiger partial charge in [-0.1, -0.05) is 0 Å². The van der Waals surface area contributed by atoms with Gasteiger partial charge in [0.2, 0.25) is 11.8 Å². The van der Waals surface area contributed by atoms with Crippen molar-refractivity contribution >= 4 is 27.8 Å². The van der Waals surface area contributed by atoms with Crippen molar-refractivity contribution in [2.24, 2.45) is 4.99 Å². The van der Waals surface area contributed by atoms with E-state index >= 15 is 0 Å². The summed E-state index contributed by atoms with van der Waals surface area (Å²) in [6.07, 6.45) is 7.67. The van der Waals surface area contributed by atoms with Crippen LogP contribution in [-0.4, -0.2) is 67.2 Å². The summed E-state index contributed by atoms with van der Waals surface area (Å²) < 4.78 is 5.99. The molecule has 0 aliphatic carbocycles. The number of anilines is 1. The number of halogens is 1. The molecule has 8 heteroatoms. The monoisotopic (exact) mass is 394 g/mol. The zero-order chi connectivity index (χ0) is 17.4. The molecular formula is C16H23BrN6O. The number of nitrogens with zero attached hydrogens (tertiary/aromatic N) is 5. The molecule has 0 spiro atoms. The maximum Gasteiger partial charge on any atom is 0.232 e. The topological polar surface area (TPSA) is 65.9 Å². The number of hydrogen-bond donors (Lipinski definition) is 1. The number of ether oxygens (including phenoxy) is 1. The van der Waals surface area contributed by atoms with Gasteiger partial charge in [-0.25, -0.2) is 4.98 Å². The van der Waals surface area contributed by atoms with Gasteiger partial charge in [0.05, 0.1) is 24.3 Å². The summed E-state index contributed by atoms with van der Waals surface area (Å²) in [5.74, 6) is 4.77. The molecule has 130 valence electrons. The number of nitrogens with one attached hydrogen (secondary N) is 1. The van der Waals surface area contributed by atoms with E-state index in [1.165, 1.54) is 0 Å². The summed E-state index contributed by atoms with van der Waals surface area (Å²) in [6, 6.07) is 0. The Balaban J connectivity index is 1.99. The number of rotatable bonds is 5. The lowest BCUT2D eigenvalue weighted by molar-refractivity contribution is 0.366. The molecule has 1 saturated heterocycles. The summed E-state index contributed by atoms with van der Waals surface area (Å²) in [5, 5.41) is 3.32. The van der Waals surface area contributed by atoms with Crippen molar-refractivity contribution < 1.29 is 4.74 Å². The van der Waals surface area contributed by atoms with Crippen molar-refractivity contribution in [3.05, 3.63) is 10.7 Å². The van der Waals surface area contributed by atoms with Crippen LogP contribution in [0.2, 0.25) is 0 Å². The fourth-order valence-corrected chi connectivity index (χ4v) is 2.76. The number of guanidine groups is 1. The van der Waals surface area contributed by atoms with Crippen LogP contribution in [0.15, 0.2) is 15.7 Å². The highest BCUT2D eigenvalue weighted by Crippen LogP contribution is 2.23. The molecule has 1 aromatic heterocycles. The number of aromatic nitrogens is 2. The van der Waals surface area contributed by atoms with Crippen LogP contribution in [0.1, 0.15) is 13.3 Å². The molecule has 0 aromatic carbocycles. The summed E-state index contributed by atoms with van der Waals surface area (Å²) in [7, 11) is 1.60. The van der Waals surface area contributed by atoms with E-state index in [0.717, 1.165) is 43.2 Å². The van der Waals surface area contributed by atoms with Crippen LogP contribution in [0.4, 0.5) is 5.95 Å². The van der Waals surface area contributed by atoms with Crippen LogP contribution in [0.5, 0.6) is 5.88 Å². The molecule has 0 bridgehead atoms. The Morgan fingerprint density at radius 2 is 2.21 bits per heavy atom. The molecule has 1 aliphatic heterocycles. The van der Waals surface area contributed by atoms with Gasteiger partial charge in [-0.2, -0.15) is 4.98 Å². The minimum absolute atomic E-state index is 0.548. The Bertz CT molecular complexity index is 607. The van der Waals surface area contributed by atoms with Gasteiger partial charge in [0.25, 0.3) is 0 Å². The van der Waals surface area contributed by atoms with E-state index < -0.39 is 0 Å². The Morgan fingerprint density at radius 3 is 2.83 bits per heavy atom. The SMILES string of the molecule is C#CCCN=C(NCC)N1CCN(c2ncc(Br)c(OC)n2)CC1. The van der Waals surface area contributed by atoms with E-state index in [1.54, 1.807) is 13.3 Å². The largest absolute Gasteiger partial charge is 0.480 e. The predicted molar refractivity (Wildman–Crippen MR) is 99.5 cm³/mol. The maximum atomic E-state index is 5.30. The van der Waals surface area contributed by atoms with Crippen LogP contribution in [-0.2, 0) is 0 Å². The molecule has 0 radical (unpaired) electrons. The molecule has 2 heterocycles. The first-order chi connectivity index (χ1) is 11.7. The van der Waals surface area contributed by atoms with Gasteiger partial charge in [-0.3, -0.25) is 4.99 Å². The highest BCUT2D eigenvalue weighted by atomic mass is 79.9. The Morgan fingerprint density at radius 1 is 1.46 bits per heavy atom. The van der Waals surface area contributed by atoms with E-state index in [9.17, 15) is 0 Å². The summed E-state index contributed by atoms with van der Waals surface area (Å²) in [4.78, 5) is 17.8. The maximum absolute atomic E-state index is 5.30. The molecule has 0 amide bonds. The van der Waals surface area contributed by atoms with Crippen molar-refractivity contribution in [1.29, 1.82) is 0 Å². The standard InChI is InChI=1S/C16H23BrN6O/c1-4-6-7-19-15(18-5-2)22-8-10-23(11-9-22)16-20-12-13(17)14(21-16)24-3/h1,12H,5-11H2,2-3H3,(H,18,19). The molecule has 24 heavy (non-hydrogen) atoms. The van der Waals surface area contributed by atoms with Crippen LogP contribution in [0, 0.1) is 12.3 Å². The summed E-state index contributed by atoms with van der Waals surface area (Å²) >= 11 is 3.38. The van der Waals surface area contributed by atoms with Crippen LogP contribution >= 0.6 is 15.9 Å². The van der Waals surface area contributed by atoms with Gasteiger partial charge in [-0.15, -0.1) is 12.3 Å². The first kappa shape index (κ1) is 18.3. The Kier molecular flexibility index (Phi) is 7.12. The minimum atomic E-state index is 0.548. The molecule has 0 saturated carbocycles. The smallest absolute Gasteiger partial charge is 0.232 e. The van der Waals surface area contributed by atoms with E-state index in [1.807, 2.05) is 0 Å². The van der Waals surface area contributed by atoms with Crippen LogP contribution in [0.3, 0.4) is 0 Å². The number of piperazine rings is 1. The van der Waals surface area contributed by atoms with Crippen LogP contribution < -0.4 is 15.0 Å². The van der Waals surface area contributed by atoms with Gasteiger partial charge < -0.3 is 19.9 Å². The molecule has 1 N–H and O–H groups in total. The van der Waals surface area contributed by atoms with E-state index in [-0.39, 0.29) is 0 Å². The zero-order valence-corrected chi connectivity index (χ0v) is 15.7. The number of hydrogen-bond acceptors (Lipinski definition) is 5. The first-order valence-corrected chi connectivity index (χ1v) is 8.77. The van der Waals surface area contributed by atoms with Crippen molar-refractivity contribution in [2.45, 2.75) is 13.3 Å². The predicted octanol–water partition coefficient (Wildman–Crippen LogP) is 1.36. The van der Waals surface area contributed by atoms with E-state index in [0.29, 0.717) is 24.8 Å². The third kappa shape index (κ3) is 4.74. The molecule has 0 unspecified atom stereocenters. The molecule has 1 fully saturated rings. The average molecular weight is 395 g/mol. The molecule has 1 aliphatic rings. The van der Waals surface area contributed by atoms with Gasteiger partial charge in [0.1, 0.15) is 0 Å². The number of terminal acetylenes is 1. The van der Waals surface area contributed by atoms with Gasteiger partial charge >= 0.3 is 0 Å². The summed E-state index contributed by atoms with van der Waals surface area (Å²) in [5.41, 5.74) is 0. The minimum Gasteiger partial charge on any atom is -0.480 e. The van der Waals surface area contributed by atoms with Crippen molar-refractivity contribution in [1.82, 2.24) is 20.2 Å². The number of aliphatic imine (C=N–C) groups is 1. The molecule has 1 aromatic rings. The van der Waals surface area contributed by atoms with E-state index in [4.69, 9.17) is 11.2 Å². The second-order valence-electron chi connectivity index (χ2n) is 5.19. The van der Waals surface area contributed by atoms with Gasteiger partial charge in [-0.05, 0) is 22.9 Å². The van der Waals surface area contributed by atoms with Crippen LogP contribution in [0.25, 0.3) is 0 Å². The Hall–Kier alpha value is -2.01. The average Bonchev–Trinajstić information content (AvgIpc) is 2.62. The van der Waals surface area contributed by atoms with Crippen molar-refractivity contribution in [2.75, 3.05) is 51.3 Å².